The average molecular weight is 210 g/mol. The van der Waals surface area contributed by atoms with E-state index in [-0.39, 0.29) is 25.7 Å². The molecule has 2 fully saturated rings. The molecule has 0 aliphatic carbocycles. The van der Waals surface area contributed by atoms with E-state index in [0.717, 1.165) is 0 Å². The zero-order valence-corrected chi connectivity index (χ0v) is 7.80. The number of imide groups is 2. The maximum atomic E-state index is 11.1. The van der Waals surface area contributed by atoms with Crippen LogP contribution in [0.25, 0.3) is 0 Å². The van der Waals surface area contributed by atoms with Crippen LogP contribution in [0.3, 0.4) is 0 Å². The molecule has 0 atom stereocenters. The maximum Gasteiger partial charge on any atom is 0.247 e. The highest BCUT2D eigenvalue weighted by atomic mass is 16.2. The van der Waals surface area contributed by atoms with Gasteiger partial charge in [-0.05, 0) is 0 Å². The van der Waals surface area contributed by atoms with Crippen LogP contribution in [-0.2, 0) is 19.2 Å². The third kappa shape index (κ3) is 1.61. The molecule has 0 aromatic rings. The van der Waals surface area contributed by atoms with Crippen molar-refractivity contribution < 1.29 is 19.2 Å². The summed E-state index contributed by atoms with van der Waals surface area (Å²) in [5.41, 5.74) is 3.47. The Morgan fingerprint density at radius 3 is 1.20 bits per heavy atom. The van der Waals surface area contributed by atoms with Gasteiger partial charge in [0.2, 0.25) is 23.6 Å². The van der Waals surface area contributed by atoms with Gasteiger partial charge in [-0.3, -0.25) is 19.2 Å². The van der Waals surface area contributed by atoms with Gasteiger partial charge in [-0.2, -0.15) is 10.0 Å². The van der Waals surface area contributed by atoms with Crippen LogP contribution in [0.15, 0.2) is 0 Å². The highest BCUT2D eigenvalue weighted by Crippen LogP contribution is 2.14. The van der Waals surface area contributed by atoms with Crippen LogP contribution in [0.4, 0.5) is 0 Å². The molecular formula is C8H8N3O4. The Balaban J connectivity index is 2.08. The minimum atomic E-state index is -0.479. The van der Waals surface area contributed by atoms with Crippen molar-refractivity contribution in [1.82, 2.24) is 15.6 Å². The molecule has 2 aliphatic heterocycles. The van der Waals surface area contributed by atoms with Crippen molar-refractivity contribution in [1.29, 1.82) is 0 Å². The van der Waals surface area contributed by atoms with Gasteiger partial charge in [0, 0.05) is 31.2 Å². The Morgan fingerprint density at radius 1 is 0.667 bits per heavy atom. The number of hydrogen-bond donors (Lipinski definition) is 0. The maximum absolute atomic E-state index is 11.1. The number of hydrogen-bond acceptors (Lipinski definition) is 4. The lowest BCUT2D eigenvalue weighted by atomic mass is 10.4. The number of rotatable bonds is 2. The summed E-state index contributed by atoms with van der Waals surface area (Å²) in [7, 11) is 0. The van der Waals surface area contributed by atoms with Crippen LogP contribution < -0.4 is 5.53 Å². The Kier molecular flexibility index (Phi) is 2.24. The molecule has 0 unspecified atom stereocenters. The molecule has 1 radical (unpaired) electrons. The van der Waals surface area contributed by atoms with Gasteiger partial charge in [0.25, 0.3) is 0 Å². The molecule has 0 N–H and O–H groups in total. The molecule has 4 amide bonds. The Labute approximate surface area is 84.9 Å². The smallest absolute Gasteiger partial charge is 0.247 e. The molecule has 2 saturated heterocycles. The summed E-state index contributed by atoms with van der Waals surface area (Å²) >= 11 is 0. The molecule has 15 heavy (non-hydrogen) atoms. The molecule has 2 heterocycles. The third-order valence-corrected chi connectivity index (χ3v) is 2.23. The Hall–Kier alpha value is -1.76. The van der Waals surface area contributed by atoms with Crippen LogP contribution in [0.2, 0.25) is 0 Å². The Bertz CT molecular complexity index is 299. The molecule has 2 aliphatic rings. The van der Waals surface area contributed by atoms with Crippen molar-refractivity contribution in [3.63, 3.8) is 0 Å². The molecule has 7 heteroatoms. The van der Waals surface area contributed by atoms with Crippen LogP contribution in [-0.4, -0.2) is 33.6 Å². The van der Waals surface area contributed by atoms with Crippen molar-refractivity contribution in [3.05, 3.63) is 0 Å². The standard InChI is InChI=1S/C8H8N3O4/c12-5-1-2-6(13)10(5)9-11-7(14)3-4-8(11)15/h1-4H2. The second kappa shape index (κ2) is 3.43. The highest BCUT2D eigenvalue weighted by Gasteiger charge is 2.38. The van der Waals surface area contributed by atoms with E-state index in [1.807, 2.05) is 0 Å². The zero-order valence-electron chi connectivity index (χ0n) is 7.80. The van der Waals surface area contributed by atoms with Crippen LogP contribution >= 0.6 is 0 Å². The summed E-state index contributed by atoms with van der Waals surface area (Å²) in [6.07, 6.45) is 0.328. The van der Waals surface area contributed by atoms with E-state index in [0.29, 0.717) is 10.0 Å². The van der Waals surface area contributed by atoms with E-state index < -0.39 is 23.6 Å². The van der Waals surface area contributed by atoms with Crippen molar-refractivity contribution >= 4 is 23.6 Å². The van der Waals surface area contributed by atoms with Crippen molar-refractivity contribution in [3.8, 4) is 0 Å². The van der Waals surface area contributed by atoms with Crippen molar-refractivity contribution in [2.24, 2.45) is 0 Å². The topological polar surface area (TPSA) is 88.9 Å². The predicted molar refractivity (Wildman–Crippen MR) is 44.3 cm³/mol. The van der Waals surface area contributed by atoms with Gasteiger partial charge in [0.1, 0.15) is 0 Å². The van der Waals surface area contributed by atoms with Crippen LogP contribution in [0.1, 0.15) is 25.7 Å². The molecule has 0 bridgehead atoms. The zero-order chi connectivity index (χ0) is 11.0. The van der Waals surface area contributed by atoms with Gasteiger partial charge in [-0.1, -0.05) is 0 Å². The van der Waals surface area contributed by atoms with Crippen LogP contribution in [0, 0.1) is 0 Å². The molecule has 0 aromatic carbocycles. The monoisotopic (exact) mass is 210 g/mol. The third-order valence-electron chi connectivity index (χ3n) is 2.23. The normalized spacial score (nSPS) is 22.1. The quantitative estimate of drug-likeness (QED) is 0.531. The van der Waals surface area contributed by atoms with Crippen molar-refractivity contribution in [2.45, 2.75) is 25.7 Å². The fraction of sp³-hybridized carbons (Fsp3) is 0.500. The first-order valence-electron chi connectivity index (χ1n) is 4.53. The second-order valence-corrected chi connectivity index (χ2v) is 3.29. The summed E-state index contributed by atoms with van der Waals surface area (Å²) in [5, 5.41) is 1.20. The van der Waals surface area contributed by atoms with Crippen LogP contribution in [0.5, 0.6) is 0 Å². The molecule has 2 rings (SSSR count). The number of carbonyl (C=O) groups excluding carboxylic acids is 4. The first-order chi connectivity index (χ1) is 7.09. The fourth-order valence-electron chi connectivity index (χ4n) is 1.42. The fourth-order valence-corrected chi connectivity index (χ4v) is 1.42. The summed E-state index contributed by atoms with van der Waals surface area (Å²) in [6, 6.07) is 0. The lowest BCUT2D eigenvalue weighted by Gasteiger charge is -2.17. The van der Waals surface area contributed by atoms with E-state index in [2.05, 4.69) is 5.53 Å². The highest BCUT2D eigenvalue weighted by molar-refractivity contribution is 6.04. The minimum absolute atomic E-state index is 0.0819. The Morgan fingerprint density at radius 2 is 0.933 bits per heavy atom. The van der Waals surface area contributed by atoms with E-state index in [1.54, 1.807) is 0 Å². The summed E-state index contributed by atoms with van der Waals surface area (Å²) < 4.78 is 0. The van der Waals surface area contributed by atoms with Crippen molar-refractivity contribution in [2.75, 3.05) is 0 Å². The van der Waals surface area contributed by atoms with Gasteiger partial charge < -0.3 is 0 Å². The van der Waals surface area contributed by atoms with E-state index in [1.165, 1.54) is 0 Å². The SMILES string of the molecule is O=C1CCC(=O)N1[N]N1C(=O)CCC1=O. The minimum Gasteiger partial charge on any atom is -0.273 e. The predicted octanol–water partition coefficient (Wildman–Crippen LogP) is -1.28. The summed E-state index contributed by atoms with van der Waals surface area (Å²) in [5.74, 6) is -1.92. The molecule has 0 saturated carbocycles. The summed E-state index contributed by atoms with van der Waals surface area (Å²) in [4.78, 5) is 44.6. The largest absolute Gasteiger partial charge is 0.273 e. The molecule has 0 aromatic heterocycles. The van der Waals surface area contributed by atoms with E-state index >= 15 is 0 Å². The summed E-state index contributed by atoms with van der Waals surface area (Å²) in [6.45, 7) is 0. The van der Waals surface area contributed by atoms with Gasteiger partial charge in [0.05, 0.1) is 0 Å². The van der Waals surface area contributed by atoms with Gasteiger partial charge in [-0.25, -0.2) is 0 Å². The van der Waals surface area contributed by atoms with E-state index in [9.17, 15) is 19.2 Å². The number of amides is 4. The molecular weight excluding hydrogens is 202 g/mol. The van der Waals surface area contributed by atoms with Gasteiger partial charge in [-0.15, -0.1) is 0 Å². The van der Waals surface area contributed by atoms with Gasteiger partial charge >= 0.3 is 0 Å². The lowest BCUT2D eigenvalue weighted by Crippen LogP contribution is -2.48. The molecule has 79 valence electrons. The first kappa shape index (κ1) is 9.78. The second-order valence-electron chi connectivity index (χ2n) is 3.29. The van der Waals surface area contributed by atoms with Gasteiger partial charge in [0.15, 0.2) is 0 Å². The molecule has 0 spiro atoms. The molecule has 7 nitrogen and oxygen atoms in total. The average Bonchev–Trinajstić information content (AvgIpc) is 2.67. The number of nitrogens with zero attached hydrogens (tertiary/aromatic N) is 3. The lowest BCUT2D eigenvalue weighted by molar-refractivity contribution is -0.157. The van der Waals surface area contributed by atoms with E-state index in [4.69, 9.17) is 0 Å². The first-order valence-corrected chi connectivity index (χ1v) is 4.53. The number of carbonyl (C=O) groups is 4.